The predicted octanol–water partition coefficient (Wildman–Crippen LogP) is 3.69. The van der Waals surface area contributed by atoms with Gasteiger partial charge < -0.3 is 0 Å². The van der Waals surface area contributed by atoms with Gasteiger partial charge in [0.1, 0.15) is 0 Å². The number of H-pyrrole nitrogens is 1. The second-order valence-corrected chi connectivity index (χ2v) is 5.27. The number of hydrogen-bond donors (Lipinski definition) is 2. The molecule has 0 saturated carbocycles. The van der Waals surface area contributed by atoms with E-state index >= 15 is 0 Å². The molecule has 3 rings (SSSR count). The van der Waals surface area contributed by atoms with Gasteiger partial charge >= 0.3 is 0 Å². The van der Waals surface area contributed by atoms with Crippen molar-refractivity contribution in [3.05, 3.63) is 64.7 Å². The minimum atomic E-state index is -0.286. The minimum absolute atomic E-state index is 0.232. The van der Waals surface area contributed by atoms with Gasteiger partial charge in [-0.1, -0.05) is 41.4 Å². The zero-order valence-electron chi connectivity index (χ0n) is 11.8. The number of hydrogen-bond acceptors (Lipinski definition) is 3. The second-order valence-electron chi connectivity index (χ2n) is 4.83. The van der Waals surface area contributed by atoms with Gasteiger partial charge in [0.05, 0.1) is 0 Å². The Kier molecular flexibility index (Phi) is 3.89. The topological polar surface area (TPSA) is 70.7 Å². The van der Waals surface area contributed by atoms with Gasteiger partial charge in [-0.25, -0.2) is 0 Å². The molecule has 0 unspecified atom stereocenters. The molecule has 0 bridgehead atoms. The molecule has 110 valence electrons. The number of halogens is 1. The van der Waals surface area contributed by atoms with E-state index in [0.29, 0.717) is 16.4 Å². The lowest BCUT2D eigenvalue weighted by molar-refractivity contribution is 0.102. The summed E-state index contributed by atoms with van der Waals surface area (Å²) in [6.45, 7) is 2.02. The van der Waals surface area contributed by atoms with Crippen molar-refractivity contribution in [1.29, 1.82) is 0 Å². The van der Waals surface area contributed by atoms with E-state index in [1.807, 2.05) is 31.2 Å². The van der Waals surface area contributed by atoms with E-state index in [0.717, 1.165) is 5.56 Å². The Morgan fingerprint density at radius 2 is 1.77 bits per heavy atom. The van der Waals surface area contributed by atoms with Crippen LogP contribution in [0.2, 0.25) is 5.02 Å². The molecule has 1 heterocycles. The van der Waals surface area contributed by atoms with Crippen LogP contribution in [0.15, 0.2) is 48.5 Å². The third kappa shape index (κ3) is 3.15. The van der Waals surface area contributed by atoms with Crippen LogP contribution in [0.1, 0.15) is 15.9 Å². The van der Waals surface area contributed by atoms with Crippen molar-refractivity contribution < 1.29 is 4.79 Å². The third-order valence-corrected chi connectivity index (χ3v) is 3.39. The SMILES string of the molecule is Cc1ccc(-c2nc(NC(=O)c3ccc(Cl)cc3)n[nH]2)cc1. The molecule has 0 aliphatic carbocycles. The Bertz CT molecular complexity index is 794. The van der Waals surface area contributed by atoms with E-state index in [-0.39, 0.29) is 11.9 Å². The molecule has 0 aliphatic rings. The number of aromatic amines is 1. The van der Waals surface area contributed by atoms with Gasteiger partial charge in [0.2, 0.25) is 5.95 Å². The number of carbonyl (C=O) groups is 1. The highest BCUT2D eigenvalue weighted by atomic mass is 35.5. The highest BCUT2D eigenvalue weighted by molar-refractivity contribution is 6.30. The second kappa shape index (κ2) is 5.99. The fourth-order valence-corrected chi connectivity index (χ4v) is 2.06. The molecule has 6 heteroatoms. The van der Waals surface area contributed by atoms with Crippen LogP contribution in [0, 0.1) is 6.92 Å². The largest absolute Gasteiger partial charge is 0.289 e. The van der Waals surface area contributed by atoms with Crippen molar-refractivity contribution >= 4 is 23.5 Å². The maximum atomic E-state index is 12.1. The summed E-state index contributed by atoms with van der Waals surface area (Å²) in [5, 5.41) is 10.0. The fourth-order valence-electron chi connectivity index (χ4n) is 1.93. The molecule has 0 saturated heterocycles. The average Bonchev–Trinajstić information content (AvgIpc) is 2.97. The van der Waals surface area contributed by atoms with Gasteiger partial charge in [0.25, 0.3) is 5.91 Å². The van der Waals surface area contributed by atoms with Crippen molar-refractivity contribution in [2.45, 2.75) is 6.92 Å². The van der Waals surface area contributed by atoms with Crippen LogP contribution in [-0.4, -0.2) is 21.1 Å². The van der Waals surface area contributed by atoms with Crippen molar-refractivity contribution in [2.75, 3.05) is 5.32 Å². The molecular formula is C16H13ClN4O. The summed E-state index contributed by atoms with van der Waals surface area (Å²) in [5.74, 6) is 0.549. The summed E-state index contributed by atoms with van der Waals surface area (Å²) >= 11 is 5.80. The Labute approximate surface area is 132 Å². The Morgan fingerprint density at radius 1 is 1.09 bits per heavy atom. The van der Waals surface area contributed by atoms with Crippen molar-refractivity contribution in [1.82, 2.24) is 15.2 Å². The Hall–Kier alpha value is -2.66. The number of aromatic nitrogens is 3. The first-order chi connectivity index (χ1) is 10.6. The first-order valence-corrected chi connectivity index (χ1v) is 7.06. The Balaban J connectivity index is 1.75. The summed E-state index contributed by atoms with van der Waals surface area (Å²) in [4.78, 5) is 16.3. The number of aryl methyl sites for hydroxylation is 1. The summed E-state index contributed by atoms with van der Waals surface area (Å²) in [5.41, 5.74) is 2.57. The molecule has 0 aliphatic heterocycles. The van der Waals surface area contributed by atoms with E-state index in [4.69, 9.17) is 11.6 Å². The van der Waals surface area contributed by atoms with Crippen LogP contribution in [0.5, 0.6) is 0 Å². The molecule has 5 nitrogen and oxygen atoms in total. The normalized spacial score (nSPS) is 10.5. The molecule has 1 aromatic heterocycles. The van der Waals surface area contributed by atoms with Crippen molar-refractivity contribution in [2.24, 2.45) is 0 Å². The number of nitrogens with zero attached hydrogens (tertiary/aromatic N) is 2. The van der Waals surface area contributed by atoms with Crippen LogP contribution >= 0.6 is 11.6 Å². The van der Waals surface area contributed by atoms with E-state index in [9.17, 15) is 4.79 Å². The molecule has 3 aromatic rings. The Morgan fingerprint density at radius 3 is 2.45 bits per heavy atom. The standard InChI is InChI=1S/C16H13ClN4O/c1-10-2-4-11(5-3-10)14-18-16(21-20-14)19-15(22)12-6-8-13(17)9-7-12/h2-9H,1H3,(H2,18,19,20,21,22). The van der Waals surface area contributed by atoms with Crippen molar-refractivity contribution in [3.8, 4) is 11.4 Å². The van der Waals surface area contributed by atoms with E-state index < -0.39 is 0 Å². The highest BCUT2D eigenvalue weighted by Crippen LogP contribution is 2.17. The quantitative estimate of drug-likeness (QED) is 0.775. The van der Waals surface area contributed by atoms with Crippen molar-refractivity contribution in [3.63, 3.8) is 0 Å². The smallest absolute Gasteiger partial charge is 0.258 e. The summed E-state index contributed by atoms with van der Waals surface area (Å²) in [6.07, 6.45) is 0. The first kappa shape index (κ1) is 14.3. The maximum absolute atomic E-state index is 12.1. The predicted molar refractivity (Wildman–Crippen MR) is 86.0 cm³/mol. The molecule has 2 N–H and O–H groups in total. The zero-order valence-corrected chi connectivity index (χ0v) is 12.6. The number of amides is 1. The number of carbonyl (C=O) groups excluding carboxylic acids is 1. The number of anilines is 1. The van der Waals surface area contributed by atoms with E-state index in [1.54, 1.807) is 24.3 Å². The van der Waals surface area contributed by atoms with Gasteiger partial charge in [-0.2, -0.15) is 4.98 Å². The van der Waals surface area contributed by atoms with Crippen LogP contribution in [-0.2, 0) is 0 Å². The monoisotopic (exact) mass is 312 g/mol. The third-order valence-electron chi connectivity index (χ3n) is 3.14. The van der Waals surface area contributed by atoms with E-state index in [1.165, 1.54) is 5.56 Å². The molecule has 22 heavy (non-hydrogen) atoms. The summed E-state index contributed by atoms with van der Waals surface area (Å²) in [6, 6.07) is 14.5. The van der Waals surface area contributed by atoms with Gasteiger partial charge in [0.15, 0.2) is 5.82 Å². The molecule has 1 amide bonds. The first-order valence-electron chi connectivity index (χ1n) is 6.68. The van der Waals surface area contributed by atoms with Crippen LogP contribution in [0.4, 0.5) is 5.95 Å². The molecule has 2 aromatic carbocycles. The highest BCUT2D eigenvalue weighted by Gasteiger charge is 2.10. The van der Waals surface area contributed by atoms with Crippen LogP contribution in [0.3, 0.4) is 0 Å². The van der Waals surface area contributed by atoms with Gasteiger partial charge in [-0.15, -0.1) is 5.10 Å². The van der Waals surface area contributed by atoms with Gasteiger partial charge in [0, 0.05) is 16.1 Å². The lowest BCUT2D eigenvalue weighted by Crippen LogP contribution is -2.12. The summed E-state index contributed by atoms with van der Waals surface area (Å²) < 4.78 is 0. The van der Waals surface area contributed by atoms with E-state index in [2.05, 4.69) is 20.5 Å². The van der Waals surface area contributed by atoms with Gasteiger partial charge in [-0.3, -0.25) is 15.2 Å². The van der Waals surface area contributed by atoms with Crippen LogP contribution < -0.4 is 5.32 Å². The molecule has 0 spiro atoms. The average molecular weight is 313 g/mol. The molecule has 0 fully saturated rings. The fraction of sp³-hybridized carbons (Fsp3) is 0.0625. The maximum Gasteiger partial charge on any atom is 0.258 e. The molecule has 0 radical (unpaired) electrons. The van der Waals surface area contributed by atoms with Crippen LogP contribution in [0.25, 0.3) is 11.4 Å². The zero-order chi connectivity index (χ0) is 15.5. The number of benzene rings is 2. The number of nitrogens with one attached hydrogen (secondary N) is 2. The van der Waals surface area contributed by atoms with Gasteiger partial charge in [-0.05, 0) is 31.2 Å². The lowest BCUT2D eigenvalue weighted by Gasteiger charge is -2.00. The molecular weight excluding hydrogens is 300 g/mol. The minimum Gasteiger partial charge on any atom is -0.289 e. The lowest BCUT2D eigenvalue weighted by atomic mass is 10.1. The number of rotatable bonds is 3. The molecule has 0 atom stereocenters. The summed E-state index contributed by atoms with van der Waals surface area (Å²) in [7, 11) is 0.